The normalized spacial score (nSPS) is 23.3. The summed E-state index contributed by atoms with van der Waals surface area (Å²) in [5, 5.41) is 3.21. The van der Waals surface area contributed by atoms with E-state index >= 15 is 0 Å². The topological polar surface area (TPSA) is 84.3 Å². The second kappa shape index (κ2) is 8.08. The van der Waals surface area contributed by atoms with Crippen LogP contribution in [0, 0.1) is 5.92 Å². The van der Waals surface area contributed by atoms with Crippen molar-refractivity contribution in [3.05, 3.63) is 12.5 Å². The van der Waals surface area contributed by atoms with E-state index in [1.807, 2.05) is 13.8 Å². The molecule has 1 aliphatic carbocycles. The number of rotatable bonds is 5. The zero-order valence-corrected chi connectivity index (χ0v) is 16.5. The molecule has 1 unspecified atom stereocenters. The van der Waals surface area contributed by atoms with Crippen LogP contribution in [0.2, 0.25) is 0 Å². The number of carbonyl (C=O) groups excluding carboxylic acids is 1. The van der Waals surface area contributed by atoms with Gasteiger partial charge < -0.3 is 9.88 Å². The number of aromatic nitrogens is 2. The number of nitrogens with one attached hydrogen (secondary N) is 1. The minimum absolute atomic E-state index is 0.00418. The van der Waals surface area contributed by atoms with Gasteiger partial charge in [0.1, 0.15) is 0 Å². The third-order valence-corrected chi connectivity index (χ3v) is 7.24. The number of amides is 1. The highest BCUT2D eigenvalue weighted by atomic mass is 32.2. The predicted molar refractivity (Wildman–Crippen MR) is 99.1 cm³/mol. The molecule has 1 aliphatic heterocycles. The number of nitrogens with zero attached hydrogens (tertiary/aromatic N) is 3. The molecule has 3 rings (SSSR count). The number of hydrogen-bond acceptors (Lipinski definition) is 4. The smallest absolute Gasteiger partial charge is 0.262 e. The molecular weight excluding hydrogens is 352 g/mol. The molecule has 1 aromatic rings. The summed E-state index contributed by atoms with van der Waals surface area (Å²) in [4.78, 5) is 16.7. The van der Waals surface area contributed by atoms with Crippen molar-refractivity contribution in [2.45, 2.75) is 75.9 Å². The molecule has 1 amide bonds. The van der Waals surface area contributed by atoms with E-state index < -0.39 is 10.0 Å². The molecule has 0 spiro atoms. The molecule has 1 saturated carbocycles. The lowest BCUT2D eigenvalue weighted by atomic mass is 9.93. The number of hydrogen-bond donors (Lipinski definition) is 1. The fourth-order valence-corrected chi connectivity index (χ4v) is 5.25. The van der Waals surface area contributed by atoms with Crippen LogP contribution < -0.4 is 5.32 Å². The van der Waals surface area contributed by atoms with E-state index in [0.29, 0.717) is 13.0 Å². The second-order valence-corrected chi connectivity index (χ2v) is 9.68. The van der Waals surface area contributed by atoms with Gasteiger partial charge in [0.25, 0.3) is 10.0 Å². The van der Waals surface area contributed by atoms with Crippen molar-refractivity contribution in [2.75, 3.05) is 13.1 Å². The van der Waals surface area contributed by atoms with Crippen LogP contribution in [0.5, 0.6) is 0 Å². The maximum Gasteiger partial charge on any atom is 0.262 e. The van der Waals surface area contributed by atoms with Crippen LogP contribution in [-0.2, 0) is 14.8 Å². The van der Waals surface area contributed by atoms with Crippen molar-refractivity contribution in [3.63, 3.8) is 0 Å². The van der Waals surface area contributed by atoms with Crippen molar-refractivity contribution in [3.8, 4) is 0 Å². The molecule has 0 aromatic carbocycles. The Balaban J connectivity index is 1.65. The van der Waals surface area contributed by atoms with Gasteiger partial charge in [-0.3, -0.25) is 4.79 Å². The van der Waals surface area contributed by atoms with Crippen LogP contribution in [0.4, 0.5) is 0 Å². The number of piperidine rings is 1. The summed E-state index contributed by atoms with van der Waals surface area (Å²) in [6.07, 6.45) is 10.2. The molecule has 2 aliphatic rings. The standard InChI is InChI=1S/C18H30N4O3S/c1-14(2)21-12-17(19-13-21)26(24,25)22-10-6-7-15(11-22)18(23)20-16-8-4-3-5-9-16/h12-16H,3-11H2,1-2H3,(H,20,23). The van der Waals surface area contributed by atoms with Crippen LogP contribution in [0.15, 0.2) is 17.6 Å². The van der Waals surface area contributed by atoms with Crippen molar-refractivity contribution in [2.24, 2.45) is 5.92 Å². The lowest BCUT2D eigenvalue weighted by Crippen LogP contribution is -2.47. The monoisotopic (exact) mass is 382 g/mol. The molecule has 1 saturated heterocycles. The molecule has 0 radical (unpaired) electrons. The van der Waals surface area contributed by atoms with Crippen LogP contribution in [0.1, 0.15) is 64.8 Å². The second-order valence-electron chi connectivity index (χ2n) is 7.80. The summed E-state index contributed by atoms with van der Waals surface area (Å²) in [6, 6.07) is 0.409. The Morgan fingerprint density at radius 2 is 1.92 bits per heavy atom. The summed E-state index contributed by atoms with van der Waals surface area (Å²) >= 11 is 0. The van der Waals surface area contributed by atoms with Crippen molar-refractivity contribution in [1.82, 2.24) is 19.2 Å². The maximum absolute atomic E-state index is 12.9. The quantitative estimate of drug-likeness (QED) is 0.847. The minimum Gasteiger partial charge on any atom is -0.353 e. The van der Waals surface area contributed by atoms with E-state index in [-0.39, 0.29) is 35.5 Å². The van der Waals surface area contributed by atoms with E-state index in [4.69, 9.17) is 0 Å². The molecule has 7 nitrogen and oxygen atoms in total. The van der Waals surface area contributed by atoms with Crippen molar-refractivity contribution >= 4 is 15.9 Å². The van der Waals surface area contributed by atoms with E-state index in [1.165, 1.54) is 10.7 Å². The molecule has 1 atom stereocenters. The lowest BCUT2D eigenvalue weighted by molar-refractivity contribution is -0.127. The minimum atomic E-state index is -3.65. The Morgan fingerprint density at radius 3 is 2.58 bits per heavy atom. The molecule has 146 valence electrons. The molecule has 2 fully saturated rings. The molecule has 2 heterocycles. The average molecular weight is 383 g/mol. The maximum atomic E-state index is 12.9. The van der Waals surface area contributed by atoms with Gasteiger partial charge in [0.15, 0.2) is 5.03 Å². The third kappa shape index (κ3) is 4.28. The highest BCUT2D eigenvalue weighted by Gasteiger charge is 2.35. The summed E-state index contributed by atoms with van der Waals surface area (Å²) in [7, 11) is -3.65. The van der Waals surface area contributed by atoms with Gasteiger partial charge in [0, 0.05) is 31.4 Å². The molecule has 1 aromatic heterocycles. The predicted octanol–water partition coefficient (Wildman–Crippen LogP) is 2.31. The van der Waals surface area contributed by atoms with Crippen LogP contribution in [0.25, 0.3) is 0 Å². The first-order valence-corrected chi connectivity index (χ1v) is 11.2. The zero-order chi connectivity index (χ0) is 18.7. The van der Waals surface area contributed by atoms with Crippen molar-refractivity contribution < 1.29 is 13.2 Å². The summed E-state index contributed by atoms with van der Waals surface area (Å²) in [5.74, 6) is -0.267. The Morgan fingerprint density at radius 1 is 1.19 bits per heavy atom. The Bertz CT molecular complexity index is 723. The van der Waals surface area contributed by atoms with E-state index in [2.05, 4.69) is 10.3 Å². The highest BCUT2D eigenvalue weighted by molar-refractivity contribution is 7.89. The fourth-order valence-electron chi connectivity index (χ4n) is 3.81. The summed E-state index contributed by atoms with van der Waals surface area (Å²) < 4.78 is 29.0. The van der Waals surface area contributed by atoms with Crippen molar-refractivity contribution in [1.29, 1.82) is 0 Å². The van der Waals surface area contributed by atoms with Gasteiger partial charge in [0.05, 0.1) is 12.2 Å². The van der Waals surface area contributed by atoms with Gasteiger partial charge >= 0.3 is 0 Å². The highest BCUT2D eigenvalue weighted by Crippen LogP contribution is 2.25. The zero-order valence-electron chi connectivity index (χ0n) is 15.7. The molecule has 26 heavy (non-hydrogen) atoms. The van der Waals surface area contributed by atoms with Crippen LogP contribution in [0.3, 0.4) is 0 Å². The molecular formula is C18H30N4O3S. The lowest BCUT2D eigenvalue weighted by Gasteiger charge is -2.32. The van der Waals surface area contributed by atoms with Crippen LogP contribution >= 0.6 is 0 Å². The number of imidazole rings is 1. The first-order valence-electron chi connectivity index (χ1n) is 9.72. The van der Waals surface area contributed by atoms with Gasteiger partial charge in [-0.2, -0.15) is 4.31 Å². The van der Waals surface area contributed by atoms with Crippen LogP contribution in [-0.4, -0.2) is 47.3 Å². The molecule has 8 heteroatoms. The van der Waals surface area contributed by atoms with Gasteiger partial charge in [-0.15, -0.1) is 0 Å². The van der Waals surface area contributed by atoms with Gasteiger partial charge in [0.2, 0.25) is 5.91 Å². The Hall–Kier alpha value is -1.41. The molecule has 0 bridgehead atoms. The van der Waals surface area contributed by atoms with E-state index in [9.17, 15) is 13.2 Å². The SMILES string of the molecule is CC(C)n1cnc(S(=O)(=O)N2CCCC(C(=O)NC3CCCCC3)C2)c1. The van der Waals surface area contributed by atoms with E-state index in [0.717, 1.165) is 32.1 Å². The van der Waals surface area contributed by atoms with E-state index in [1.54, 1.807) is 17.1 Å². The number of sulfonamides is 1. The third-order valence-electron chi connectivity index (χ3n) is 5.48. The van der Waals surface area contributed by atoms with Gasteiger partial charge in [-0.1, -0.05) is 19.3 Å². The average Bonchev–Trinajstić information content (AvgIpc) is 3.14. The van der Waals surface area contributed by atoms with Gasteiger partial charge in [-0.05, 0) is 39.5 Å². The first kappa shape index (κ1) is 19.4. The molecule has 1 N–H and O–H groups in total. The van der Waals surface area contributed by atoms with Gasteiger partial charge in [-0.25, -0.2) is 13.4 Å². The largest absolute Gasteiger partial charge is 0.353 e. The Labute approximate surface area is 156 Å². The summed E-state index contributed by atoms with van der Waals surface area (Å²) in [6.45, 7) is 4.65. The first-order chi connectivity index (χ1) is 12.4. The number of carbonyl (C=O) groups is 1. The Kier molecular flexibility index (Phi) is 6.02. The fraction of sp³-hybridized carbons (Fsp3) is 0.778. The summed E-state index contributed by atoms with van der Waals surface area (Å²) in [5.41, 5.74) is 0.